The SMILES string of the molecule is CC(CNCCCc1ccccc1)NS(=O)(=O)c1ccc2cnccc2c1.Cl.Cl. The van der Waals surface area contributed by atoms with Crippen molar-refractivity contribution in [3.63, 3.8) is 0 Å². The van der Waals surface area contributed by atoms with Crippen molar-refractivity contribution < 1.29 is 8.42 Å². The highest BCUT2D eigenvalue weighted by atomic mass is 35.5. The van der Waals surface area contributed by atoms with E-state index in [2.05, 4.69) is 27.2 Å². The van der Waals surface area contributed by atoms with E-state index in [4.69, 9.17) is 0 Å². The molecule has 0 saturated heterocycles. The number of pyridine rings is 1. The number of sulfonamides is 1. The Morgan fingerprint density at radius 3 is 2.52 bits per heavy atom. The fraction of sp³-hybridized carbons (Fsp3) is 0.286. The van der Waals surface area contributed by atoms with Gasteiger partial charge in [0.05, 0.1) is 4.90 Å². The maximum absolute atomic E-state index is 12.6. The van der Waals surface area contributed by atoms with Crippen molar-refractivity contribution in [3.8, 4) is 0 Å². The molecule has 0 aliphatic carbocycles. The summed E-state index contributed by atoms with van der Waals surface area (Å²) in [6.45, 7) is 3.31. The number of aryl methyl sites for hydroxylation is 1. The summed E-state index contributed by atoms with van der Waals surface area (Å²) in [6, 6.07) is 17.0. The molecular formula is C21H27Cl2N3O2S. The van der Waals surface area contributed by atoms with Crippen LogP contribution in [-0.4, -0.2) is 32.5 Å². The molecule has 3 aromatic rings. The Balaban J connectivity index is 0.00000210. The lowest BCUT2D eigenvalue weighted by atomic mass is 10.1. The van der Waals surface area contributed by atoms with Crippen LogP contribution >= 0.6 is 24.8 Å². The van der Waals surface area contributed by atoms with Gasteiger partial charge in [-0.25, -0.2) is 13.1 Å². The molecule has 0 radical (unpaired) electrons. The molecule has 2 N–H and O–H groups in total. The first-order valence-corrected chi connectivity index (χ1v) is 10.6. The van der Waals surface area contributed by atoms with Crippen LogP contribution in [0.1, 0.15) is 18.9 Å². The lowest BCUT2D eigenvalue weighted by molar-refractivity contribution is 0.532. The van der Waals surface area contributed by atoms with Gasteiger partial charge in [-0.1, -0.05) is 36.4 Å². The highest BCUT2D eigenvalue weighted by Gasteiger charge is 2.17. The maximum Gasteiger partial charge on any atom is 0.240 e. The third-order valence-corrected chi connectivity index (χ3v) is 5.98. The van der Waals surface area contributed by atoms with Crippen molar-refractivity contribution in [2.75, 3.05) is 13.1 Å². The van der Waals surface area contributed by atoms with Gasteiger partial charge in [0, 0.05) is 30.4 Å². The molecule has 0 aliphatic rings. The third-order valence-electron chi connectivity index (χ3n) is 4.39. The van der Waals surface area contributed by atoms with Crippen LogP contribution in [0.2, 0.25) is 0 Å². The van der Waals surface area contributed by atoms with Gasteiger partial charge in [-0.15, -0.1) is 24.8 Å². The molecule has 158 valence electrons. The minimum Gasteiger partial charge on any atom is -0.315 e. The Hall–Kier alpha value is -1.70. The molecule has 1 unspecified atom stereocenters. The zero-order valence-corrected chi connectivity index (χ0v) is 18.7. The van der Waals surface area contributed by atoms with Crippen LogP contribution in [0.4, 0.5) is 0 Å². The summed E-state index contributed by atoms with van der Waals surface area (Å²) in [4.78, 5) is 4.32. The Morgan fingerprint density at radius 2 is 1.76 bits per heavy atom. The molecule has 0 saturated carbocycles. The first-order valence-electron chi connectivity index (χ1n) is 9.15. The Kier molecular flexibility index (Phi) is 10.6. The highest BCUT2D eigenvalue weighted by molar-refractivity contribution is 7.89. The second-order valence-corrected chi connectivity index (χ2v) is 8.41. The monoisotopic (exact) mass is 455 g/mol. The zero-order valence-electron chi connectivity index (χ0n) is 16.2. The van der Waals surface area contributed by atoms with Gasteiger partial charge in [-0.05, 0) is 55.5 Å². The molecule has 2 aromatic carbocycles. The molecule has 1 aromatic heterocycles. The molecule has 1 heterocycles. The lowest BCUT2D eigenvalue weighted by Gasteiger charge is -2.15. The number of nitrogens with one attached hydrogen (secondary N) is 2. The molecule has 0 spiro atoms. The van der Waals surface area contributed by atoms with Crippen molar-refractivity contribution in [3.05, 3.63) is 72.6 Å². The number of benzene rings is 2. The van der Waals surface area contributed by atoms with Crippen molar-refractivity contribution in [2.45, 2.75) is 30.7 Å². The number of hydrogen-bond acceptors (Lipinski definition) is 4. The molecule has 0 aliphatic heterocycles. The molecule has 8 heteroatoms. The van der Waals surface area contributed by atoms with Gasteiger partial charge in [-0.2, -0.15) is 0 Å². The van der Waals surface area contributed by atoms with E-state index in [-0.39, 0.29) is 35.8 Å². The van der Waals surface area contributed by atoms with Crippen LogP contribution in [0.3, 0.4) is 0 Å². The first-order chi connectivity index (χ1) is 13.0. The van der Waals surface area contributed by atoms with Crippen molar-refractivity contribution in [1.82, 2.24) is 15.0 Å². The predicted molar refractivity (Wildman–Crippen MR) is 124 cm³/mol. The number of rotatable bonds is 9. The van der Waals surface area contributed by atoms with Crippen LogP contribution in [0.25, 0.3) is 10.8 Å². The van der Waals surface area contributed by atoms with Crippen molar-refractivity contribution in [2.24, 2.45) is 0 Å². The fourth-order valence-electron chi connectivity index (χ4n) is 2.98. The van der Waals surface area contributed by atoms with Gasteiger partial charge in [0.25, 0.3) is 0 Å². The molecule has 3 rings (SSSR count). The normalized spacial score (nSPS) is 12.0. The Bertz CT molecular complexity index is 985. The summed E-state index contributed by atoms with van der Waals surface area (Å²) in [5.74, 6) is 0. The van der Waals surface area contributed by atoms with E-state index >= 15 is 0 Å². The highest BCUT2D eigenvalue weighted by Crippen LogP contribution is 2.18. The van der Waals surface area contributed by atoms with Crippen LogP contribution in [0.15, 0.2) is 71.9 Å². The average molecular weight is 456 g/mol. The lowest BCUT2D eigenvalue weighted by Crippen LogP contribution is -2.40. The van der Waals surface area contributed by atoms with Crippen LogP contribution in [0.5, 0.6) is 0 Å². The van der Waals surface area contributed by atoms with Gasteiger partial charge < -0.3 is 5.32 Å². The molecule has 1 atom stereocenters. The second kappa shape index (κ2) is 12.1. The molecule has 5 nitrogen and oxygen atoms in total. The number of halogens is 2. The summed E-state index contributed by atoms with van der Waals surface area (Å²) in [5.41, 5.74) is 1.32. The van der Waals surface area contributed by atoms with Gasteiger partial charge in [0.15, 0.2) is 0 Å². The molecule has 0 amide bonds. The summed E-state index contributed by atoms with van der Waals surface area (Å²) < 4.78 is 28.0. The second-order valence-electron chi connectivity index (χ2n) is 6.70. The third kappa shape index (κ3) is 7.57. The van der Waals surface area contributed by atoms with E-state index in [1.54, 1.807) is 30.6 Å². The number of aromatic nitrogens is 1. The Morgan fingerprint density at radius 1 is 1.00 bits per heavy atom. The van der Waals surface area contributed by atoms with Gasteiger partial charge in [-0.3, -0.25) is 4.98 Å². The van der Waals surface area contributed by atoms with Gasteiger partial charge in [0.1, 0.15) is 0 Å². The standard InChI is InChI=1S/C21H25N3O2S.2ClH/c1-17(15-22-12-5-8-18-6-3-2-4-7-18)24-27(25,26)21-10-9-20-16-23-13-11-19(20)14-21;;/h2-4,6-7,9-11,13-14,16-17,22,24H,5,8,12,15H2,1H3;2*1H. The predicted octanol–water partition coefficient (Wildman–Crippen LogP) is 3.97. The maximum atomic E-state index is 12.6. The summed E-state index contributed by atoms with van der Waals surface area (Å²) >= 11 is 0. The average Bonchev–Trinajstić information content (AvgIpc) is 2.68. The fourth-order valence-corrected chi connectivity index (χ4v) is 4.26. The zero-order chi connectivity index (χ0) is 19.1. The largest absolute Gasteiger partial charge is 0.315 e. The molecular weight excluding hydrogens is 429 g/mol. The quantitative estimate of drug-likeness (QED) is 0.478. The van der Waals surface area contributed by atoms with Crippen LogP contribution in [-0.2, 0) is 16.4 Å². The summed E-state index contributed by atoms with van der Waals surface area (Å²) in [6.07, 6.45) is 5.41. The van der Waals surface area contributed by atoms with E-state index in [1.165, 1.54) is 5.56 Å². The van der Waals surface area contributed by atoms with E-state index < -0.39 is 10.0 Å². The van der Waals surface area contributed by atoms with E-state index in [9.17, 15) is 8.42 Å². The summed E-state index contributed by atoms with van der Waals surface area (Å²) in [5, 5.41) is 5.11. The van der Waals surface area contributed by atoms with Crippen LogP contribution < -0.4 is 10.0 Å². The number of nitrogens with zero attached hydrogens (tertiary/aromatic N) is 1. The molecule has 0 fully saturated rings. The minimum atomic E-state index is -3.55. The van der Waals surface area contributed by atoms with Gasteiger partial charge in [0.2, 0.25) is 10.0 Å². The van der Waals surface area contributed by atoms with E-state index in [1.807, 2.05) is 31.2 Å². The van der Waals surface area contributed by atoms with E-state index in [0.29, 0.717) is 6.54 Å². The smallest absolute Gasteiger partial charge is 0.240 e. The Labute approximate surface area is 185 Å². The van der Waals surface area contributed by atoms with Crippen LogP contribution in [0, 0.1) is 0 Å². The minimum absolute atomic E-state index is 0. The van der Waals surface area contributed by atoms with Crippen molar-refractivity contribution in [1.29, 1.82) is 0 Å². The van der Waals surface area contributed by atoms with Gasteiger partial charge >= 0.3 is 0 Å². The number of fused-ring (bicyclic) bond motifs is 1. The topological polar surface area (TPSA) is 71.1 Å². The number of hydrogen-bond donors (Lipinski definition) is 2. The first kappa shape index (κ1) is 25.3. The van der Waals surface area contributed by atoms with Crippen molar-refractivity contribution >= 4 is 45.6 Å². The molecule has 0 bridgehead atoms. The molecule has 29 heavy (non-hydrogen) atoms. The summed E-state index contributed by atoms with van der Waals surface area (Å²) in [7, 11) is -3.55. The van der Waals surface area contributed by atoms with E-state index in [0.717, 1.165) is 30.2 Å².